The maximum atomic E-state index is 12.7. The monoisotopic (exact) mass is 423 g/mol. The Hall–Kier alpha value is -2.68. The highest BCUT2D eigenvalue weighted by Gasteiger charge is 2.30. The molecule has 0 bridgehead atoms. The molecule has 3 rings (SSSR count). The molecule has 30 heavy (non-hydrogen) atoms. The van der Waals surface area contributed by atoms with Gasteiger partial charge in [-0.25, -0.2) is 0 Å². The Kier molecular flexibility index (Phi) is 6.60. The molecular formula is C21H24F3N3O3. The molecule has 1 unspecified atom stereocenters. The lowest BCUT2D eigenvalue weighted by Crippen LogP contribution is -2.36. The highest BCUT2D eigenvalue weighted by Crippen LogP contribution is 2.31. The summed E-state index contributed by atoms with van der Waals surface area (Å²) >= 11 is 0. The van der Waals surface area contributed by atoms with E-state index in [1.807, 2.05) is 7.05 Å². The van der Waals surface area contributed by atoms with E-state index in [0.717, 1.165) is 44.1 Å². The molecule has 1 N–H and O–H groups in total. The maximum Gasteiger partial charge on any atom is 0.416 e. The number of ketones is 1. The van der Waals surface area contributed by atoms with Gasteiger partial charge < -0.3 is 9.64 Å². The van der Waals surface area contributed by atoms with E-state index in [1.54, 1.807) is 6.92 Å². The Morgan fingerprint density at radius 1 is 1.27 bits per heavy atom. The van der Waals surface area contributed by atoms with Crippen LogP contribution in [0.2, 0.25) is 0 Å². The smallest absolute Gasteiger partial charge is 0.416 e. The minimum atomic E-state index is -4.41. The minimum Gasteiger partial charge on any atom is -0.461 e. The van der Waals surface area contributed by atoms with Gasteiger partial charge in [0.2, 0.25) is 0 Å². The SMILES string of the molecule is CC(CC(=O)c1cc(=O)[nH]c(OC2CCN(C)CC2)n1)c1ccc(C(F)(F)F)cc1. The lowest BCUT2D eigenvalue weighted by atomic mass is 9.94. The number of carbonyl (C=O) groups is 1. The molecule has 1 aliphatic rings. The normalized spacial score (nSPS) is 17.0. The Bertz CT molecular complexity index is 933. The number of halogens is 3. The van der Waals surface area contributed by atoms with Gasteiger partial charge in [-0.3, -0.25) is 14.6 Å². The molecule has 2 heterocycles. The zero-order valence-corrected chi connectivity index (χ0v) is 16.8. The van der Waals surface area contributed by atoms with E-state index in [2.05, 4.69) is 14.9 Å². The third-order valence-corrected chi connectivity index (χ3v) is 5.25. The van der Waals surface area contributed by atoms with Crippen LogP contribution in [0, 0.1) is 0 Å². The van der Waals surface area contributed by atoms with Gasteiger partial charge in [0.05, 0.1) is 5.56 Å². The number of aromatic nitrogens is 2. The number of benzene rings is 1. The third-order valence-electron chi connectivity index (χ3n) is 5.25. The number of aromatic amines is 1. The van der Waals surface area contributed by atoms with Crippen LogP contribution in [0.3, 0.4) is 0 Å². The van der Waals surface area contributed by atoms with Crippen molar-refractivity contribution >= 4 is 5.78 Å². The number of Topliss-reactive ketones (excluding diaryl/α,β-unsaturated/α-hetero) is 1. The zero-order valence-electron chi connectivity index (χ0n) is 16.8. The van der Waals surface area contributed by atoms with Gasteiger partial charge in [0.25, 0.3) is 11.6 Å². The van der Waals surface area contributed by atoms with Crippen molar-refractivity contribution in [2.24, 2.45) is 0 Å². The molecule has 0 radical (unpaired) electrons. The molecule has 1 fully saturated rings. The average molecular weight is 423 g/mol. The zero-order chi connectivity index (χ0) is 21.9. The summed E-state index contributed by atoms with van der Waals surface area (Å²) in [5.41, 5.74) is -0.639. The Balaban J connectivity index is 1.67. The molecule has 6 nitrogen and oxygen atoms in total. The summed E-state index contributed by atoms with van der Waals surface area (Å²) in [7, 11) is 2.02. The lowest BCUT2D eigenvalue weighted by molar-refractivity contribution is -0.137. The van der Waals surface area contributed by atoms with Crippen LogP contribution in [0.25, 0.3) is 0 Å². The fraction of sp³-hybridized carbons (Fsp3) is 0.476. The molecule has 1 aromatic heterocycles. The molecule has 1 aromatic carbocycles. The average Bonchev–Trinajstić information content (AvgIpc) is 2.68. The molecule has 1 saturated heterocycles. The van der Waals surface area contributed by atoms with E-state index in [-0.39, 0.29) is 35.9 Å². The van der Waals surface area contributed by atoms with E-state index < -0.39 is 17.3 Å². The van der Waals surface area contributed by atoms with E-state index in [4.69, 9.17) is 4.74 Å². The van der Waals surface area contributed by atoms with Crippen LogP contribution in [0.5, 0.6) is 6.01 Å². The predicted molar refractivity (Wildman–Crippen MR) is 105 cm³/mol. The maximum absolute atomic E-state index is 12.7. The van der Waals surface area contributed by atoms with Gasteiger partial charge in [0.1, 0.15) is 11.8 Å². The quantitative estimate of drug-likeness (QED) is 0.718. The van der Waals surface area contributed by atoms with E-state index in [0.29, 0.717) is 5.56 Å². The van der Waals surface area contributed by atoms with Crippen LogP contribution in [-0.2, 0) is 6.18 Å². The molecule has 0 aliphatic carbocycles. The first-order valence-electron chi connectivity index (χ1n) is 9.78. The fourth-order valence-corrected chi connectivity index (χ4v) is 3.40. The molecule has 0 saturated carbocycles. The number of hydrogen-bond acceptors (Lipinski definition) is 5. The highest BCUT2D eigenvalue weighted by molar-refractivity contribution is 5.94. The second-order valence-corrected chi connectivity index (χ2v) is 7.70. The molecule has 1 aliphatic heterocycles. The summed E-state index contributed by atoms with van der Waals surface area (Å²) < 4.78 is 43.9. The van der Waals surface area contributed by atoms with Gasteiger partial charge in [-0.1, -0.05) is 19.1 Å². The summed E-state index contributed by atoms with van der Waals surface area (Å²) in [6, 6.07) is 5.84. The second-order valence-electron chi connectivity index (χ2n) is 7.70. The largest absolute Gasteiger partial charge is 0.461 e. The first kappa shape index (κ1) is 22.0. The van der Waals surface area contributed by atoms with E-state index in [9.17, 15) is 22.8 Å². The number of ether oxygens (including phenoxy) is 1. The first-order valence-corrected chi connectivity index (χ1v) is 9.78. The van der Waals surface area contributed by atoms with Gasteiger partial charge in [0.15, 0.2) is 5.78 Å². The number of nitrogens with zero attached hydrogens (tertiary/aromatic N) is 2. The highest BCUT2D eigenvalue weighted by atomic mass is 19.4. The predicted octanol–water partition coefficient (Wildman–Crippen LogP) is 3.64. The summed E-state index contributed by atoms with van der Waals surface area (Å²) in [4.78, 5) is 33.4. The van der Waals surface area contributed by atoms with Gasteiger partial charge in [0, 0.05) is 25.6 Å². The topological polar surface area (TPSA) is 75.3 Å². The Labute approximate surface area is 172 Å². The van der Waals surface area contributed by atoms with E-state index in [1.165, 1.54) is 12.1 Å². The molecule has 162 valence electrons. The third kappa shape index (κ3) is 5.69. The van der Waals surface area contributed by atoms with Crippen molar-refractivity contribution in [3.05, 3.63) is 57.5 Å². The number of rotatable bonds is 6. The van der Waals surface area contributed by atoms with Crippen LogP contribution in [0.4, 0.5) is 13.2 Å². The minimum absolute atomic E-state index is 0.00941. The standard InChI is InChI=1S/C21H24F3N3O3/c1-13(14-3-5-15(6-4-14)21(22,23)24)11-18(28)17-12-19(29)26-20(25-17)30-16-7-9-27(2)10-8-16/h3-6,12-13,16H,7-11H2,1-2H3,(H,25,26,29). The number of hydrogen-bond donors (Lipinski definition) is 1. The van der Waals surface area contributed by atoms with Crippen LogP contribution >= 0.6 is 0 Å². The van der Waals surface area contributed by atoms with Crippen molar-refractivity contribution in [1.29, 1.82) is 0 Å². The number of nitrogens with one attached hydrogen (secondary N) is 1. The summed E-state index contributed by atoms with van der Waals surface area (Å²) in [5, 5.41) is 0. The summed E-state index contributed by atoms with van der Waals surface area (Å²) in [6.45, 7) is 3.49. The first-order chi connectivity index (χ1) is 14.1. The van der Waals surface area contributed by atoms with Crippen LogP contribution in [-0.4, -0.2) is 46.9 Å². The van der Waals surface area contributed by atoms with Crippen LogP contribution < -0.4 is 10.3 Å². The number of carbonyl (C=O) groups excluding carboxylic acids is 1. The van der Waals surface area contributed by atoms with Crippen LogP contribution in [0.15, 0.2) is 35.1 Å². The number of H-pyrrole nitrogens is 1. The van der Waals surface area contributed by atoms with Crippen molar-refractivity contribution in [2.75, 3.05) is 20.1 Å². The lowest BCUT2D eigenvalue weighted by Gasteiger charge is -2.28. The Morgan fingerprint density at radius 3 is 2.50 bits per heavy atom. The number of likely N-dealkylation sites (tertiary alicyclic amines) is 1. The van der Waals surface area contributed by atoms with Crippen molar-refractivity contribution in [2.45, 2.75) is 44.4 Å². The molecule has 0 spiro atoms. The molecule has 0 amide bonds. The van der Waals surface area contributed by atoms with Gasteiger partial charge in [-0.2, -0.15) is 18.2 Å². The van der Waals surface area contributed by atoms with Crippen molar-refractivity contribution in [3.8, 4) is 6.01 Å². The van der Waals surface area contributed by atoms with Crippen LogP contribution in [0.1, 0.15) is 53.7 Å². The molecule has 9 heteroatoms. The van der Waals surface area contributed by atoms with Crippen molar-refractivity contribution < 1.29 is 22.7 Å². The molecular weight excluding hydrogens is 399 g/mol. The molecule has 1 atom stereocenters. The van der Waals surface area contributed by atoms with E-state index >= 15 is 0 Å². The summed E-state index contributed by atoms with van der Waals surface area (Å²) in [5.74, 6) is -0.708. The van der Waals surface area contributed by atoms with Gasteiger partial charge in [-0.05, 0) is 43.5 Å². The Morgan fingerprint density at radius 2 is 1.90 bits per heavy atom. The van der Waals surface area contributed by atoms with Gasteiger partial charge >= 0.3 is 6.18 Å². The fourth-order valence-electron chi connectivity index (χ4n) is 3.40. The van der Waals surface area contributed by atoms with Crippen molar-refractivity contribution in [1.82, 2.24) is 14.9 Å². The summed E-state index contributed by atoms with van der Waals surface area (Å²) in [6.07, 6.45) is -2.89. The van der Waals surface area contributed by atoms with Gasteiger partial charge in [-0.15, -0.1) is 0 Å². The number of alkyl halides is 3. The van der Waals surface area contributed by atoms with Crippen molar-refractivity contribution in [3.63, 3.8) is 0 Å². The second kappa shape index (κ2) is 8.99. The number of piperidine rings is 1. The molecule has 2 aromatic rings.